The number of aromatic nitrogens is 1. The van der Waals surface area contributed by atoms with Crippen LogP contribution in [0.25, 0.3) is 0 Å². The fourth-order valence-electron chi connectivity index (χ4n) is 2.89. The molecule has 178 valence electrons. The number of rotatable bonds is 13. The lowest BCUT2D eigenvalue weighted by atomic mass is 10.1. The van der Waals surface area contributed by atoms with Gasteiger partial charge in [-0.3, -0.25) is 9.79 Å². The molecule has 0 aliphatic rings. The van der Waals surface area contributed by atoms with Crippen molar-refractivity contribution < 1.29 is 27.9 Å². The molecule has 1 atom stereocenters. The average Bonchev–Trinajstić information content (AvgIpc) is 2.77. The fourth-order valence-corrected chi connectivity index (χ4v) is 4.16. The summed E-state index contributed by atoms with van der Waals surface area (Å²) in [5.74, 6) is 2.26. The van der Waals surface area contributed by atoms with E-state index >= 15 is 0 Å². The van der Waals surface area contributed by atoms with Gasteiger partial charge in [-0.2, -0.15) is 4.73 Å². The fraction of sp³-hybridized carbons (Fsp3) is 0.391. The molecule has 1 heterocycles. The molecule has 0 amide bonds. The van der Waals surface area contributed by atoms with Crippen molar-refractivity contribution in [3.8, 4) is 18.1 Å². The lowest BCUT2D eigenvalue weighted by Crippen LogP contribution is -2.36. The van der Waals surface area contributed by atoms with E-state index < -0.39 is 22.0 Å². The summed E-state index contributed by atoms with van der Waals surface area (Å²) >= 11 is 0. The predicted molar refractivity (Wildman–Crippen MR) is 122 cm³/mol. The minimum atomic E-state index is -3.91. The number of hydrogen-bond donors (Lipinski definition) is 2. The van der Waals surface area contributed by atoms with Crippen LogP contribution >= 0.6 is 0 Å². The van der Waals surface area contributed by atoms with Gasteiger partial charge in [0.15, 0.2) is 5.49 Å². The second kappa shape index (κ2) is 13.3. The highest BCUT2D eigenvalue weighted by atomic mass is 32.2. The topological polar surface area (TPSA) is 119 Å². The summed E-state index contributed by atoms with van der Waals surface area (Å²) in [7, 11) is -3.91. The third kappa shape index (κ3) is 9.00. The number of esters is 1. The molecule has 0 fully saturated rings. The third-order valence-electron chi connectivity index (χ3n) is 4.43. The Hall–Kier alpha value is -3.29. The number of nitrogens with one attached hydrogen (secondary N) is 1. The summed E-state index contributed by atoms with van der Waals surface area (Å²) in [6.07, 6.45) is 8.14. The first-order chi connectivity index (χ1) is 15.9. The molecule has 2 rings (SSSR count). The number of terminal acetylenes is 1. The van der Waals surface area contributed by atoms with E-state index in [0.29, 0.717) is 30.8 Å². The van der Waals surface area contributed by atoms with Gasteiger partial charge in [-0.05, 0) is 44.0 Å². The van der Waals surface area contributed by atoms with Gasteiger partial charge in [-0.1, -0.05) is 12.1 Å². The predicted octanol–water partition coefficient (Wildman–Crippen LogP) is 2.11. The second-order valence-corrected chi connectivity index (χ2v) is 8.77. The van der Waals surface area contributed by atoms with Gasteiger partial charge in [0.2, 0.25) is 10.0 Å². The SMILES string of the molecule is C#CCC(CC(=O)OCC)NS(=O)(=O)c1cccc(OCCCCN=c2ccccn2O)c1. The molecule has 1 aromatic heterocycles. The average molecular weight is 476 g/mol. The van der Waals surface area contributed by atoms with Gasteiger partial charge < -0.3 is 14.7 Å². The van der Waals surface area contributed by atoms with Gasteiger partial charge in [0.05, 0.1) is 24.5 Å². The van der Waals surface area contributed by atoms with Crippen molar-refractivity contribution in [2.24, 2.45) is 4.99 Å². The molecule has 10 heteroatoms. The summed E-state index contributed by atoms with van der Waals surface area (Å²) in [4.78, 5) is 16.0. The Morgan fingerprint density at radius 1 is 1.27 bits per heavy atom. The van der Waals surface area contributed by atoms with E-state index in [4.69, 9.17) is 15.9 Å². The van der Waals surface area contributed by atoms with Gasteiger partial charge >= 0.3 is 5.97 Å². The van der Waals surface area contributed by atoms with Crippen LogP contribution in [0.3, 0.4) is 0 Å². The maximum absolute atomic E-state index is 12.8. The first-order valence-corrected chi connectivity index (χ1v) is 12.1. The lowest BCUT2D eigenvalue weighted by Gasteiger charge is -2.16. The quantitative estimate of drug-likeness (QED) is 0.198. The summed E-state index contributed by atoms with van der Waals surface area (Å²) < 4.78 is 39.5. The van der Waals surface area contributed by atoms with Gasteiger partial charge in [0.25, 0.3) is 0 Å². The molecular formula is C23H29N3O6S. The molecule has 2 aromatic rings. The van der Waals surface area contributed by atoms with Crippen LogP contribution in [0.15, 0.2) is 58.5 Å². The number of ether oxygens (including phenoxy) is 2. The maximum atomic E-state index is 12.8. The first-order valence-electron chi connectivity index (χ1n) is 10.6. The van der Waals surface area contributed by atoms with E-state index in [2.05, 4.69) is 15.6 Å². The highest BCUT2D eigenvalue weighted by molar-refractivity contribution is 7.89. The van der Waals surface area contributed by atoms with Gasteiger partial charge in [0.1, 0.15) is 5.75 Å². The summed E-state index contributed by atoms with van der Waals surface area (Å²) in [5.41, 5.74) is 0.468. The smallest absolute Gasteiger partial charge is 0.307 e. The Bertz CT molecular complexity index is 1120. The molecule has 2 N–H and O–H groups in total. The molecule has 9 nitrogen and oxygen atoms in total. The standard InChI is InChI=1S/C23H29N3O6S/c1-3-10-19(17-23(27)31-4-2)25-33(29,30)21-12-9-11-20(18-21)32-16-8-6-14-24-22-13-5-7-15-26(22)28/h1,5,7,9,11-13,15,18-19,25,28H,4,6,8,10,14,16-17H2,2H3. The van der Waals surface area contributed by atoms with E-state index in [-0.39, 0.29) is 24.3 Å². The number of sulfonamides is 1. The van der Waals surface area contributed by atoms with Crippen molar-refractivity contribution in [2.45, 2.75) is 43.5 Å². The first kappa shape index (κ1) is 26.0. The van der Waals surface area contributed by atoms with Crippen LogP contribution < -0.4 is 14.9 Å². The maximum Gasteiger partial charge on any atom is 0.307 e. The van der Waals surface area contributed by atoms with E-state index in [1.807, 2.05) is 0 Å². The number of carbonyl (C=O) groups is 1. The van der Waals surface area contributed by atoms with Crippen molar-refractivity contribution >= 4 is 16.0 Å². The third-order valence-corrected chi connectivity index (χ3v) is 5.95. The van der Waals surface area contributed by atoms with Gasteiger partial charge in [0, 0.05) is 31.3 Å². The van der Waals surface area contributed by atoms with E-state index in [1.165, 1.54) is 18.3 Å². The van der Waals surface area contributed by atoms with Crippen LogP contribution in [0.5, 0.6) is 5.75 Å². The van der Waals surface area contributed by atoms with Gasteiger partial charge in [-0.25, -0.2) is 13.1 Å². The number of unbranched alkanes of at least 4 members (excludes halogenated alkanes) is 1. The minimum absolute atomic E-state index is 0.0115. The Labute approximate surface area is 194 Å². The van der Waals surface area contributed by atoms with E-state index in [1.54, 1.807) is 37.3 Å². The van der Waals surface area contributed by atoms with Crippen LogP contribution in [0.4, 0.5) is 0 Å². The van der Waals surface area contributed by atoms with Crippen molar-refractivity contribution in [1.29, 1.82) is 0 Å². The van der Waals surface area contributed by atoms with E-state index in [0.717, 1.165) is 11.2 Å². The molecule has 0 aliphatic carbocycles. The zero-order chi connectivity index (χ0) is 24.1. The molecule has 1 aromatic carbocycles. The van der Waals surface area contributed by atoms with Crippen molar-refractivity contribution in [3.63, 3.8) is 0 Å². The van der Waals surface area contributed by atoms with Crippen LogP contribution in [-0.4, -0.2) is 50.1 Å². The van der Waals surface area contributed by atoms with E-state index in [9.17, 15) is 18.4 Å². The van der Waals surface area contributed by atoms with Gasteiger partial charge in [-0.15, -0.1) is 12.3 Å². The van der Waals surface area contributed by atoms with Crippen LogP contribution in [-0.2, 0) is 19.6 Å². The van der Waals surface area contributed by atoms with Crippen molar-refractivity contribution in [3.05, 3.63) is 54.1 Å². The molecule has 0 radical (unpaired) electrons. The number of nitrogens with zero attached hydrogens (tertiary/aromatic N) is 2. The normalized spacial score (nSPS) is 12.7. The summed E-state index contributed by atoms with van der Waals surface area (Å²) in [6.45, 7) is 2.77. The number of benzene rings is 1. The Morgan fingerprint density at radius 3 is 2.82 bits per heavy atom. The van der Waals surface area contributed by atoms with Crippen LogP contribution in [0, 0.1) is 12.3 Å². The molecule has 0 bridgehead atoms. The molecule has 33 heavy (non-hydrogen) atoms. The zero-order valence-corrected chi connectivity index (χ0v) is 19.3. The zero-order valence-electron chi connectivity index (χ0n) is 18.5. The van der Waals surface area contributed by atoms with Crippen molar-refractivity contribution in [2.75, 3.05) is 19.8 Å². The van der Waals surface area contributed by atoms with Crippen LogP contribution in [0.1, 0.15) is 32.6 Å². The number of pyridine rings is 1. The minimum Gasteiger partial charge on any atom is -0.494 e. The summed E-state index contributed by atoms with van der Waals surface area (Å²) in [6, 6.07) is 10.5. The largest absolute Gasteiger partial charge is 0.494 e. The molecule has 0 saturated carbocycles. The number of carbonyl (C=O) groups excluding carboxylic acids is 1. The molecule has 1 unspecified atom stereocenters. The molecular weight excluding hydrogens is 446 g/mol. The monoisotopic (exact) mass is 475 g/mol. The Kier molecular flexibility index (Phi) is 10.5. The van der Waals surface area contributed by atoms with Crippen LogP contribution in [0.2, 0.25) is 0 Å². The molecule has 0 aliphatic heterocycles. The Balaban J connectivity index is 1.90. The number of hydrogen-bond acceptors (Lipinski definition) is 7. The molecule has 0 spiro atoms. The Morgan fingerprint density at radius 2 is 2.09 bits per heavy atom. The lowest BCUT2D eigenvalue weighted by molar-refractivity contribution is -0.143. The highest BCUT2D eigenvalue weighted by Crippen LogP contribution is 2.19. The van der Waals surface area contributed by atoms with Crippen molar-refractivity contribution in [1.82, 2.24) is 9.45 Å². The highest BCUT2D eigenvalue weighted by Gasteiger charge is 2.22. The second-order valence-electron chi connectivity index (χ2n) is 7.05. The molecule has 0 saturated heterocycles. The summed E-state index contributed by atoms with van der Waals surface area (Å²) in [5, 5.41) is 9.62.